The summed E-state index contributed by atoms with van der Waals surface area (Å²) in [5.41, 5.74) is 10.2. The third-order valence-electron chi connectivity index (χ3n) is 12.8. The number of unbranched alkanes of at least 4 members (excludes halogenated alkanes) is 4. The van der Waals surface area contributed by atoms with Crippen molar-refractivity contribution < 1.29 is 36.2 Å². The zero-order chi connectivity index (χ0) is 52.1. The Labute approximate surface area is 412 Å². The Morgan fingerprint density at radius 3 is 2.00 bits per heavy atom. The number of carboxylic acid groups (broad SMARTS) is 1. The van der Waals surface area contributed by atoms with Crippen LogP contribution in [0, 0.1) is 51.6 Å². The van der Waals surface area contributed by atoms with Crippen molar-refractivity contribution in [1.82, 2.24) is 24.4 Å². The fourth-order valence-corrected chi connectivity index (χ4v) is 9.26. The van der Waals surface area contributed by atoms with Crippen LogP contribution >= 0.6 is 0 Å². The highest BCUT2D eigenvalue weighted by atomic mass is 19.2. The molecule has 17 nitrogen and oxygen atoms in total. The summed E-state index contributed by atoms with van der Waals surface area (Å²) in [7, 11) is 0. The van der Waals surface area contributed by atoms with E-state index in [0.29, 0.717) is 68.9 Å². The van der Waals surface area contributed by atoms with Gasteiger partial charge in [0.2, 0.25) is 5.43 Å². The van der Waals surface area contributed by atoms with Gasteiger partial charge >= 0.3 is 5.97 Å². The van der Waals surface area contributed by atoms with Crippen LogP contribution in [0.25, 0.3) is 33.4 Å². The summed E-state index contributed by atoms with van der Waals surface area (Å²) in [6.45, 7) is 1.69. The summed E-state index contributed by atoms with van der Waals surface area (Å²) in [4.78, 5) is 58.3. The Bertz CT molecular complexity index is 3330. The maximum absolute atomic E-state index is 15.5. The van der Waals surface area contributed by atoms with E-state index in [1.165, 1.54) is 22.9 Å². The van der Waals surface area contributed by atoms with Crippen molar-refractivity contribution in [3.63, 3.8) is 0 Å². The number of halogens is 6. The Hall–Kier alpha value is -8.11. The molecule has 6 heterocycles. The van der Waals surface area contributed by atoms with Crippen molar-refractivity contribution in [3.05, 3.63) is 128 Å². The van der Waals surface area contributed by atoms with Gasteiger partial charge in [0.1, 0.15) is 28.8 Å². The summed E-state index contributed by atoms with van der Waals surface area (Å²) < 4.78 is 90.2. The molecule has 2 fully saturated rings. The Balaban J connectivity index is 0.744. The molecule has 0 aliphatic carbocycles. The lowest BCUT2D eigenvalue weighted by Gasteiger charge is -2.20. The largest absolute Gasteiger partial charge is 0.477 e. The number of aromatic nitrogens is 4. The molecule has 2 atom stereocenters. The number of hydrogen-bond acceptors (Lipinski definition) is 11. The Morgan fingerprint density at radius 2 is 1.33 bits per heavy atom. The molecule has 6 aromatic rings. The highest BCUT2D eigenvalue weighted by Gasteiger charge is 2.30. The number of carbonyl (C=O) groups is 1. The van der Waals surface area contributed by atoms with Crippen LogP contribution in [0.4, 0.5) is 38.0 Å². The van der Waals surface area contributed by atoms with E-state index in [-0.39, 0.29) is 77.0 Å². The van der Waals surface area contributed by atoms with Crippen molar-refractivity contribution in [1.29, 1.82) is 10.8 Å². The first-order valence-corrected chi connectivity index (χ1v) is 23.6. The average molecular weight is 1010 g/mol. The summed E-state index contributed by atoms with van der Waals surface area (Å²) in [6, 6.07) is 8.27. The van der Waals surface area contributed by atoms with Gasteiger partial charge in [-0.15, -0.1) is 0 Å². The van der Waals surface area contributed by atoms with Crippen LogP contribution in [-0.2, 0) is 0 Å². The van der Waals surface area contributed by atoms with Gasteiger partial charge in [-0.1, -0.05) is 19.3 Å². The van der Waals surface area contributed by atoms with Gasteiger partial charge in [-0.2, -0.15) is 0 Å². The van der Waals surface area contributed by atoms with E-state index in [1.54, 1.807) is 9.80 Å². The highest BCUT2D eigenvalue weighted by Crippen LogP contribution is 2.31. The number of nitrogens with zero attached hydrogens (tertiary/aromatic N) is 8. The van der Waals surface area contributed by atoms with Crippen molar-refractivity contribution in [2.24, 2.45) is 27.4 Å². The summed E-state index contributed by atoms with van der Waals surface area (Å²) in [6.07, 6.45) is 8.67. The molecule has 2 aromatic carbocycles. The molecule has 0 spiro atoms. The second-order valence-electron chi connectivity index (χ2n) is 18.1. The number of pyridine rings is 4. The smallest absolute Gasteiger partial charge is 0.341 e. The van der Waals surface area contributed by atoms with Crippen LogP contribution in [0.1, 0.15) is 74.6 Å². The van der Waals surface area contributed by atoms with Crippen LogP contribution < -0.4 is 37.4 Å². The van der Waals surface area contributed by atoms with Crippen LogP contribution in [-0.4, -0.2) is 92.3 Å². The first-order valence-electron chi connectivity index (χ1n) is 23.6. The topological polar surface area (TPSA) is 250 Å². The van der Waals surface area contributed by atoms with E-state index in [9.17, 15) is 37.1 Å². The molecule has 2 aliphatic heterocycles. The average Bonchev–Trinajstić information content (AvgIpc) is 4.00. The second-order valence-corrected chi connectivity index (χ2v) is 18.1. The molecule has 0 saturated carbocycles. The normalized spacial score (nSPS) is 16.2. The summed E-state index contributed by atoms with van der Waals surface area (Å²) >= 11 is 0. The number of benzene rings is 2. The lowest BCUT2D eigenvalue weighted by Crippen LogP contribution is -2.42. The minimum Gasteiger partial charge on any atom is -0.477 e. The van der Waals surface area contributed by atoms with Crippen LogP contribution in [0.15, 0.2) is 86.6 Å². The highest BCUT2D eigenvalue weighted by molar-refractivity contribution is 6.02. The Kier molecular flexibility index (Phi) is 15.5. The van der Waals surface area contributed by atoms with Gasteiger partial charge in [0.25, 0.3) is 0 Å². The van der Waals surface area contributed by atoms with Crippen LogP contribution in [0.3, 0.4) is 0 Å². The third kappa shape index (κ3) is 11.8. The minimum atomic E-state index is -1.62. The van der Waals surface area contributed by atoms with Gasteiger partial charge in [0.15, 0.2) is 51.9 Å². The van der Waals surface area contributed by atoms with Gasteiger partial charge in [0.05, 0.1) is 28.2 Å². The molecule has 2 aliphatic rings. The maximum Gasteiger partial charge on any atom is 0.341 e. The standard InChI is InChI=1S/C50H51F6N13O4/c51-28-7-9-40(36(53)19-28)68-17-13-42(70)33-22-38(55)46(63-44(33)68)66-15-11-27(24-66)18-31(58)21-30(57)6-4-2-1-3-5-14-61-49(59)65-50(60)62-32-12-16-67(25-32)47-39(56)23-34-43(71)35(48(72)73)26-69(45(34)64-47)41-10-8-29(52)20-37(41)54/h7-10,13,17,19-20,22-23,26-27,32,57-58H,1-6,11-12,14-16,18,21,24-25H2,(H,72,73)(H5,59,60,61,62,65). The lowest BCUT2D eigenvalue weighted by atomic mass is 9.96. The number of rotatable bonds is 18. The molecule has 0 radical (unpaired) electrons. The molecule has 2 saturated heterocycles. The number of guanidine groups is 2. The van der Waals surface area contributed by atoms with Crippen LogP contribution in [0.2, 0.25) is 0 Å². The third-order valence-corrected chi connectivity index (χ3v) is 12.8. The predicted octanol–water partition coefficient (Wildman–Crippen LogP) is 7.10. The van der Waals surface area contributed by atoms with Crippen molar-refractivity contribution in [2.75, 3.05) is 42.5 Å². The summed E-state index contributed by atoms with van der Waals surface area (Å²) in [5.74, 6) is -6.97. The van der Waals surface area contributed by atoms with Crippen molar-refractivity contribution >= 4 is 63.0 Å². The molecule has 23 heteroatoms. The van der Waals surface area contributed by atoms with Crippen molar-refractivity contribution in [3.8, 4) is 11.4 Å². The van der Waals surface area contributed by atoms with Gasteiger partial charge in [-0.3, -0.25) is 29.0 Å². The number of carboxylic acids is 1. The number of aliphatic imine (C=N–C) groups is 2. The van der Waals surface area contributed by atoms with Gasteiger partial charge < -0.3 is 37.2 Å². The van der Waals surface area contributed by atoms with Crippen LogP contribution in [0.5, 0.6) is 0 Å². The van der Waals surface area contributed by atoms with Gasteiger partial charge in [-0.05, 0) is 80.8 Å². The molecule has 0 amide bonds. The second kappa shape index (κ2) is 22.1. The monoisotopic (exact) mass is 1010 g/mol. The fraction of sp³-hybridized carbons (Fsp3) is 0.340. The van der Waals surface area contributed by atoms with E-state index in [4.69, 9.17) is 22.3 Å². The zero-order valence-electron chi connectivity index (χ0n) is 39.3. The molecule has 0 bridgehead atoms. The van der Waals surface area contributed by atoms with Gasteiger partial charge in [-0.25, -0.2) is 46.1 Å². The van der Waals surface area contributed by atoms with E-state index in [2.05, 4.69) is 25.3 Å². The zero-order valence-corrected chi connectivity index (χ0v) is 39.3. The molecule has 2 unspecified atom stereocenters. The number of nitrogens with one attached hydrogen (secondary N) is 3. The predicted molar refractivity (Wildman–Crippen MR) is 266 cm³/mol. The quantitative estimate of drug-likeness (QED) is 0.0219. The van der Waals surface area contributed by atoms with E-state index in [0.717, 1.165) is 73.2 Å². The molecule has 8 N–H and O–H groups in total. The SMILES string of the molecule is N=C(CCCCCCCN=C(N)NC(N)=NC1CCN(c2nc3c(cc2F)c(=O)c(C(=O)O)cn3-c2ccc(F)cc2F)C1)CC(=N)CC1CCN(c2nc3c(cc2F)c(=O)ccn3-c2ccc(F)cc2F)C1. The van der Waals surface area contributed by atoms with Crippen molar-refractivity contribution in [2.45, 2.75) is 70.3 Å². The number of hydrogen-bond donors (Lipinski definition) is 6. The van der Waals surface area contributed by atoms with E-state index in [1.807, 2.05) is 0 Å². The maximum atomic E-state index is 15.5. The molecular formula is C50H51F6N13O4. The summed E-state index contributed by atoms with van der Waals surface area (Å²) in [5, 5.41) is 29.0. The number of anilines is 2. The van der Waals surface area contributed by atoms with E-state index >= 15 is 8.78 Å². The molecule has 382 valence electrons. The molecule has 8 rings (SSSR count). The fourth-order valence-electron chi connectivity index (χ4n) is 9.26. The number of nitrogens with two attached hydrogens (primary N) is 2. The first-order chi connectivity index (χ1) is 34.9. The molecular weight excluding hydrogens is 961 g/mol. The van der Waals surface area contributed by atoms with E-state index < -0.39 is 68.7 Å². The first kappa shape index (κ1) is 51.3. The Morgan fingerprint density at radius 1 is 0.726 bits per heavy atom. The van der Waals surface area contributed by atoms with Gasteiger partial charge in [0, 0.05) is 81.2 Å². The number of aromatic carboxylic acids is 1. The minimum absolute atomic E-state index is 0.00127. The molecule has 73 heavy (non-hydrogen) atoms. The lowest BCUT2D eigenvalue weighted by molar-refractivity contribution is 0.0695. The molecule has 4 aromatic heterocycles. The number of fused-ring (bicyclic) bond motifs is 2.